The summed E-state index contributed by atoms with van der Waals surface area (Å²) in [6.45, 7) is 0. The third-order valence-electron chi connectivity index (χ3n) is 0. The van der Waals surface area contributed by atoms with E-state index in [0.717, 1.165) is 0 Å². The van der Waals surface area contributed by atoms with Crippen molar-refractivity contribution >= 4 is 0 Å². The largest absolute Gasteiger partial charge is 4.00 e. The molecule has 0 radical (unpaired) electrons. The predicted molar refractivity (Wildman–Crippen MR) is 0 cm³/mol. The molecule has 0 saturated carbocycles. The smallest absolute Gasteiger partial charge is 1.00 e. The van der Waals surface area contributed by atoms with E-state index in [4.69, 9.17) is 0 Å². The molecule has 0 unspecified atom stereocenters. The Hall–Kier alpha value is 3.72. The normalized spacial score (nSPS) is 0. The van der Waals surface area contributed by atoms with Crippen molar-refractivity contribution in [2.45, 2.75) is 0 Å². The molecule has 0 saturated heterocycles. The molecule has 0 aliphatic rings. The average molecular weight is 407 g/mol. The summed E-state index contributed by atoms with van der Waals surface area (Å²) in [4.78, 5) is 0. The third-order valence-corrected chi connectivity index (χ3v) is 0. The van der Waals surface area contributed by atoms with Crippen LogP contribution < -0.4 is 113 Å². The first-order valence-corrected chi connectivity index (χ1v) is 0. The zero-order chi connectivity index (χ0) is 0. The number of hydrogen-bond donors (Lipinski definition) is 0. The van der Waals surface area contributed by atoms with Gasteiger partial charge in [-0.3, -0.25) is 0 Å². The van der Waals surface area contributed by atoms with Crippen molar-refractivity contribution in [1.29, 1.82) is 0 Å². The van der Waals surface area contributed by atoms with Gasteiger partial charge >= 0.3 is 71.2 Å². The Labute approximate surface area is 130 Å². The van der Waals surface area contributed by atoms with Crippen molar-refractivity contribution in [2.75, 3.05) is 0 Å². The fourth-order valence-electron chi connectivity index (χ4n) is 0. The van der Waals surface area contributed by atoms with Crippen molar-refractivity contribution in [3.63, 3.8) is 0 Å². The molecule has 0 aromatic carbocycles. The first kappa shape index (κ1) is 73.1. The van der Waals surface area contributed by atoms with Gasteiger partial charge in [-0.25, -0.2) is 0 Å². The number of hydrogen-bond acceptors (Lipinski definition) is 0. The van der Waals surface area contributed by atoms with Crippen LogP contribution >= 0.6 is 0 Å². The zero-order valence-electron chi connectivity index (χ0n) is 3.24. The topological polar surface area (TPSA) is 0 Å². The van der Waals surface area contributed by atoms with Crippen LogP contribution in [0.5, 0.6) is 0 Å². The first-order chi connectivity index (χ1) is 0. The molecule has 0 fully saturated rings. The van der Waals surface area contributed by atoms with Gasteiger partial charge in [0.2, 0.25) is 0 Å². The van der Waals surface area contributed by atoms with Gasteiger partial charge in [-0.15, -0.1) is 0 Å². The summed E-state index contributed by atoms with van der Waals surface area (Å²) in [5.41, 5.74) is 0. The minimum atomic E-state index is 0. The molecule has 0 bridgehead atoms. The average Bonchev–Trinajstić information content (AvgIpc) is 0. The van der Waals surface area contributed by atoms with Gasteiger partial charge in [0.1, 0.15) is 0 Å². The Balaban J connectivity index is 0. The fraction of sp³-hybridized carbons (Fsp3) is 0. The van der Waals surface area contributed by atoms with Crippen LogP contribution in [-0.4, -0.2) is 0 Å². The quantitative estimate of drug-likeness (QED) is 0.351. The van der Waals surface area contributed by atoms with E-state index in [-0.39, 0.29) is 133 Å². The molecule has 7 heavy (non-hydrogen) atoms. The fourth-order valence-corrected chi connectivity index (χ4v) is 0. The Morgan fingerprint density at radius 2 is 0.429 bits per heavy atom. The summed E-state index contributed by atoms with van der Waals surface area (Å²) in [6, 6.07) is 0. The van der Waals surface area contributed by atoms with Gasteiger partial charge in [0.15, 0.2) is 0 Å². The molecule has 0 atom stereocenters. The second-order valence-electron chi connectivity index (χ2n) is 0. The Morgan fingerprint density at radius 3 is 0.429 bits per heavy atom. The summed E-state index contributed by atoms with van der Waals surface area (Å²) in [6.07, 6.45) is 0. The molecule has 0 rings (SSSR count). The molecule has 0 N–H and O–H groups in total. The summed E-state index contributed by atoms with van der Waals surface area (Å²) >= 11 is 0. The van der Waals surface area contributed by atoms with Crippen molar-refractivity contribution in [2.24, 2.45) is 0 Å². The van der Waals surface area contributed by atoms with E-state index in [1.807, 2.05) is 0 Å². The van der Waals surface area contributed by atoms with E-state index in [9.17, 15) is 0 Å². The second kappa shape index (κ2) is 53.4. The first-order valence-electron chi connectivity index (χ1n) is 0. The van der Waals surface area contributed by atoms with Gasteiger partial charge in [-0.05, 0) is 0 Å². The SMILES string of the molecule is [Cl-].[Cl-].[Cl-].[Cl-].[Cl-].[K+].[Os+4]. The van der Waals surface area contributed by atoms with Gasteiger partial charge in [0.05, 0.1) is 0 Å². The van der Waals surface area contributed by atoms with E-state index >= 15 is 0 Å². The van der Waals surface area contributed by atoms with E-state index < -0.39 is 0 Å². The molecular weight excluding hydrogens is 407 g/mol. The number of rotatable bonds is 0. The van der Waals surface area contributed by atoms with Crippen molar-refractivity contribution < 1.29 is 133 Å². The van der Waals surface area contributed by atoms with E-state index in [2.05, 4.69) is 0 Å². The van der Waals surface area contributed by atoms with Gasteiger partial charge in [0.25, 0.3) is 0 Å². The maximum atomic E-state index is 0. The molecular formula is Cl5KOs. The minimum Gasteiger partial charge on any atom is -1.00 e. The molecule has 0 nitrogen and oxygen atoms in total. The summed E-state index contributed by atoms with van der Waals surface area (Å²) in [5, 5.41) is 0. The van der Waals surface area contributed by atoms with Crippen molar-refractivity contribution in [1.82, 2.24) is 0 Å². The van der Waals surface area contributed by atoms with Crippen molar-refractivity contribution in [3.8, 4) is 0 Å². The van der Waals surface area contributed by atoms with Crippen LogP contribution in [0, 0.1) is 0 Å². The van der Waals surface area contributed by atoms with Gasteiger partial charge < -0.3 is 62.0 Å². The summed E-state index contributed by atoms with van der Waals surface area (Å²) < 4.78 is 0. The molecule has 0 aromatic heterocycles. The second-order valence-corrected chi connectivity index (χ2v) is 0. The van der Waals surface area contributed by atoms with Crippen LogP contribution in [0.15, 0.2) is 0 Å². The third kappa shape index (κ3) is 41.8. The molecule has 0 aromatic rings. The van der Waals surface area contributed by atoms with Crippen LogP contribution in [0.2, 0.25) is 0 Å². The Kier molecular flexibility index (Phi) is 558. The van der Waals surface area contributed by atoms with Crippen LogP contribution in [0.3, 0.4) is 0 Å². The van der Waals surface area contributed by atoms with Crippen LogP contribution in [-0.2, 0) is 19.8 Å². The maximum Gasteiger partial charge on any atom is 4.00 e. The van der Waals surface area contributed by atoms with Crippen molar-refractivity contribution in [3.05, 3.63) is 0 Å². The monoisotopic (exact) mass is 406 g/mol. The minimum absolute atomic E-state index is 0. The molecule has 0 aliphatic heterocycles. The molecule has 7 heteroatoms. The summed E-state index contributed by atoms with van der Waals surface area (Å²) in [5.74, 6) is 0. The van der Waals surface area contributed by atoms with Crippen LogP contribution in [0.1, 0.15) is 0 Å². The molecule has 0 aliphatic carbocycles. The molecule has 0 amide bonds. The number of halogens is 5. The Bertz CT molecular complexity index is 8.04. The van der Waals surface area contributed by atoms with Crippen LogP contribution in [0.4, 0.5) is 0 Å². The Morgan fingerprint density at radius 1 is 0.429 bits per heavy atom. The van der Waals surface area contributed by atoms with E-state index in [1.54, 1.807) is 0 Å². The maximum absolute atomic E-state index is 0. The molecule has 0 spiro atoms. The molecule has 0 heterocycles. The van der Waals surface area contributed by atoms with Crippen LogP contribution in [0.25, 0.3) is 0 Å². The standard InChI is InChI=1S/5ClH.K.Os/h5*1H;;/q;;;;;+1;+4/p-5. The van der Waals surface area contributed by atoms with E-state index in [0.29, 0.717) is 0 Å². The zero-order valence-corrected chi connectivity index (χ0v) is 12.7. The predicted octanol–water partition coefficient (Wildman–Crippen LogP) is -18.0. The van der Waals surface area contributed by atoms with Gasteiger partial charge in [-0.2, -0.15) is 0 Å². The summed E-state index contributed by atoms with van der Waals surface area (Å²) in [7, 11) is 0. The van der Waals surface area contributed by atoms with E-state index in [1.165, 1.54) is 0 Å². The van der Waals surface area contributed by atoms with Gasteiger partial charge in [-0.1, -0.05) is 0 Å². The van der Waals surface area contributed by atoms with Gasteiger partial charge in [0, 0.05) is 0 Å². The molecule has 44 valence electrons.